The zero-order chi connectivity index (χ0) is 18.9. The maximum absolute atomic E-state index is 11.6. The van der Waals surface area contributed by atoms with E-state index in [4.69, 9.17) is 4.74 Å². The van der Waals surface area contributed by atoms with Gasteiger partial charge in [-0.3, -0.25) is 4.79 Å². The van der Waals surface area contributed by atoms with Gasteiger partial charge in [0.25, 0.3) is 0 Å². The van der Waals surface area contributed by atoms with E-state index in [2.05, 4.69) is 20.4 Å². The predicted octanol–water partition coefficient (Wildman–Crippen LogP) is 3.46. The van der Waals surface area contributed by atoms with E-state index in [1.807, 2.05) is 0 Å². The molecule has 0 aromatic heterocycles. The number of esters is 1. The smallest absolute Gasteiger partial charge is 0.302 e. The summed E-state index contributed by atoms with van der Waals surface area (Å²) in [6.45, 7) is 10.2. The van der Waals surface area contributed by atoms with Gasteiger partial charge in [-0.25, -0.2) is 0 Å². The molecule has 0 aliphatic heterocycles. The fourth-order valence-corrected chi connectivity index (χ4v) is 7.88. The van der Waals surface area contributed by atoms with Crippen molar-refractivity contribution in [2.24, 2.45) is 34.0 Å². The average Bonchev–Trinajstić information content (AvgIpc) is 2.84. The molecule has 0 radical (unpaired) electrons. The van der Waals surface area contributed by atoms with E-state index in [9.17, 15) is 15.0 Å². The van der Waals surface area contributed by atoms with E-state index < -0.39 is 5.41 Å². The maximum Gasteiger partial charge on any atom is 0.302 e. The highest BCUT2D eigenvalue weighted by Gasteiger charge is 2.68. The third-order valence-electron chi connectivity index (χ3n) is 9.10. The third kappa shape index (κ3) is 2.24. The van der Waals surface area contributed by atoms with Crippen LogP contribution < -0.4 is 0 Å². The first-order chi connectivity index (χ1) is 12.2. The molecular formula is C22H34O4. The van der Waals surface area contributed by atoms with Crippen LogP contribution in [0.15, 0.2) is 12.2 Å². The Hall–Kier alpha value is -0.870. The molecule has 4 aliphatic rings. The Kier molecular flexibility index (Phi) is 4.13. The summed E-state index contributed by atoms with van der Waals surface area (Å²) in [5, 5.41) is 21.7. The molecule has 0 heterocycles. The van der Waals surface area contributed by atoms with Crippen molar-refractivity contribution in [3.63, 3.8) is 0 Å². The summed E-state index contributed by atoms with van der Waals surface area (Å²) in [5.41, 5.74) is 0.902. The van der Waals surface area contributed by atoms with Crippen LogP contribution in [0.5, 0.6) is 0 Å². The molecule has 4 saturated carbocycles. The van der Waals surface area contributed by atoms with Crippen molar-refractivity contribution in [2.45, 2.75) is 77.9 Å². The minimum atomic E-state index is -0.492. The first-order valence-electron chi connectivity index (χ1n) is 10.3. The van der Waals surface area contributed by atoms with Crippen molar-refractivity contribution in [2.75, 3.05) is 6.61 Å². The van der Waals surface area contributed by atoms with Crippen LogP contribution in [0.3, 0.4) is 0 Å². The lowest BCUT2D eigenvalue weighted by Gasteiger charge is -2.66. The average molecular weight is 363 g/mol. The molecular weight excluding hydrogens is 328 g/mol. The van der Waals surface area contributed by atoms with Gasteiger partial charge >= 0.3 is 5.97 Å². The summed E-state index contributed by atoms with van der Waals surface area (Å²) in [7, 11) is 0. The Morgan fingerprint density at radius 3 is 2.65 bits per heavy atom. The van der Waals surface area contributed by atoms with Crippen molar-refractivity contribution in [1.82, 2.24) is 0 Å². The molecule has 4 fully saturated rings. The van der Waals surface area contributed by atoms with Gasteiger partial charge in [0, 0.05) is 17.8 Å². The number of hydrogen-bond donors (Lipinski definition) is 2. The number of rotatable bonds is 2. The van der Waals surface area contributed by atoms with Crippen LogP contribution in [-0.2, 0) is 9.53 Å². The highest BCUT2D eigenvalue weighted by molar-refractivity contribution is 5.66. The van der Waals surface area contributed by atoms with Gasteiger partial charge < -0.3 is 14.9 Å². The lowest BCUT2D eigenvalue weighted by atomic mass is 9.40. The van der Waals surface area contributed by atoms with E-state index in [0.717, 1.165) is 32.1 Å². The van der Waals surface area contributed by atoms with Crippen LogP contribution in [0.2, 0.25) is 0 Å². The second-order valence-corrected chi connectivity index (χ2v) is 10.2. The van der Waals surface area contributed by atoms with Gasteiger partial charge in [0.05, 0.1) is 12.7 Å². The Balaban J connectivity index is 1.73. The van der Waals surface area contributed by atoms with Gasteiger partial charge in [0.1, 0.15) is 6.10 Å². The monoisotopic (exact) mass is 362 g/mol. The topological polar surface area (TPSA) is 66.8 Å². The highest BCUT2D eigenvalue weighted by Crippen LogP contribution is 2.72. The summed E-state index contributed by atoms with van der Waals surface area (Å²) in [6.07, 6.45) is 6.27. The minimum Gasteiger partial charge on any atom is -0.462 e. The van der Waals surface area contributed by atoms with E-state index in [-0.39, 0.29) is 41.5 Å². The molecule has 8 atom stereocenters. The lowest BCUT2D eigenvalue weighted by Crippen LogP contribution is -2.65. The Labute approximate surface area is 157 Å². The zero-order valence-electron chi connectivity index (χ0n) is 16.5. The molecule has 0 amide bonds. The SMILES string of the molecule is C=C1C[C@]23C[C@H]1CC[C@H]2[C@]1(C)CC[C@@H](OC(C)=O)[C@](C)(CO)[C@@H]1C[C@H]3O. The minimum absolute atomic E-state index is 0.00697. The number of carbonyl (C=O) groups excluding carboxylic acids is 1. The maximum atomic E-state index is 11.6. The van der Waals surface area contributed by atoms with Crippen LogP contribution in [0.4, 0.5) is 0 Å². The van der Waals surface area contributed by atoms with E-state index in [1.54, 1.807) is 0 Å². The first-order valence-corrected chi connectivity index (χ1v) is 10.3. The third-order valence-corrected chi connectivity index (χ3v) is 9.10. The van der Waals surface area contributed by atoms with Gasteiger partial charge in [-0.05, 0) is 68.1 Å². The number of hydrogen-bond acceptors (Lipinski definition) is 4. The molecule has 0 aromatic rings. The molecule has 0 aromatic carbocycles. The fourth-order valence-electron chi connectivity index (χ4n) is 7.88. The number of ether oxygens (including phenoxy) is 1. The number of aliphatic hydroxyl groups excluding tert-OH is 2. The summed E-state index contributed by atoms with van der Waals surface area (Å²) in [5.74, 6) is 0.930. The Morgan fingerprint density at radius 1 is 1.27 bits per heavy atom. The number of aliphatic hydroxyl groups is 2. The highest BCUT2D eigenvalue weighted by atomic mass is 16.5. The van der Waals surface area contributed by atoms with Gasteiger partial charge in [-0.1, -0.05) is 26.0 Å². The summed E-state index contributed by atoms with van der Waals surface area (Å²) in [6, 6.07) is 0. The molecule has 146 valence electrons. The van der Waals surface area contributed by atoms with E-state index in [0.29, 0.717) is 18.3 Å². The molecule has 26 heavy (non-hydrogen) atoms. The summed E-state index contributed by atoms with van der Waals surface area (Å²) in [4.78, 5) is 11.6. The van der Waals surface area contributed by atoms with Crippen LogP contribution >= 0.6 is 0 Å². The summed E-state index contributed by atoms with van der Waals surface area (Å²) >= 11 is 0. The fraction of sp³-hybridized carbons (Fsp3) is 0.864. The Morgan fingerprint density at radius 2 is 2.00 bits per heavy atom. The number of fused-ring (bicyclic) bond motifs is 3. The lowest BCUT2D eigenvalue weighted by molar-refractivity contribution is -0.235. The molecule has 2 N–H and O–H groups in total. The van der Waals surface area contributed by atoms with Gasteiger partial charge in [0.15, 0.2) is 0 Å². The van der Waals surface area contributed by atoms with Crippen molar-refractivity contribution in [3.8, 4) is 0 Å². The normalized spacial score (nSPS) is 53.0. The first kappa shape index (κ1) is 18.5. The van der Waals surface area contributed by atoms with E-state index in [1.165, 1.54) is 18.9 Å². The molecule has 4 heteroatoms. The molecule has 0 unspecified atom stereocenters. The summed E-state index contributed by atoms with van der Waals surface area (Å²) < 4.78 is 5.65. The molecule has 0 saturated heterocycles. The standard InChI is InChI=1S/C22H34O4/c1-13-10-22-11-15(13)5-6-16(22)20(3)8-7-19(26-14(2)24)21(4,12-23)17(20)9-18(22)25/h15-19,23,25H,1,5-12H2,2-4H3/t15-,16+,17-,18-,19-,20+,21-,22+/m1/s1. The van der Waals surface area contributed by atoms with Crippen LogP contribution in [0.1, 0.15) is 65.7 Å². The van der Waals surface area contributed by atoms with Gasteiger partial charge in [-0.2, -0.15) is 0 Å². The van der Waals surface area contributed by atoms with E-state index >= 15 is 0 Å². The van der Waals surface area contributed by atoms with Crippen LogP contribution in [0.25, 0.3) is 0 Å². The number of allylic oxidation sites excluding steroid dienone is 1. The molecule has 1 spiro atoms. The molecule has 4 rings (SSSR count). The Bertz CT molecular complexity index is 630. The van der Waals surface area contributed by atoms with Crippen molar-refractivity contribution in [1.29, 1.82) is 0 Å². The predicted molar refractivity (Wildman–Crippen MR) is 99.2 cm³/mol. The molecule has 2 bridgehead atoms. The van der Waals surface area contributed by atoms with Gasteiger partial charge in [-0.15, -0.1) is 0 Å². The van der Waals surface area contributed by atoms with Crippen LogP contribution in [0, 0.1) is 34.0 Å². The molecule has 4 nitrogen and oxygen atoms in total. The van der Waals surface area contributed by atoms with Crippen LogP contribution in [-0.4, -0.2) is 35.0 Å². The van der Waals surface area contributed by atoms with Crippen molar-refractivity contribution < 1.29 is 19.7 Å². The zero-order valence-corrected chi connectivity index (χ0v) is 16.5. The second kappa shape index (κ2) is 5.81. The largest absolute Gasteiger partial charge is 0.462 e. The van der Waals surface area contributed by atoms with Crippen molar-refractivity contribution in [3.05, 3.63) is 12.2 Å². The van der Waals surface area contributed by atoms with Crippen molar-refractivity contribution >= 4 is 5.97 Å². The molecule has 4 aliphatic carbocycles. The second-order valence-electron chi connectivity index (χ2n) is 10.2. The quantitative estimate of drug-likeness (QED) is 0.583. The van der Waals surface area contributed by atoms with Gasteiger partial charge in [0.2, 0.25) is 0 Å². The number of carbonyl (C=O) groups is 1.